The van der Waals surface area contributed by atoms with Crippen LogP contribution in [0.5, 0.6) is 5.75 Å². The van der Waals surface area contributed by atoms with Gasteiger partial charge in [-0.2, -0.15) is 0 Å². The van der Waals surface area contributed by atoms with E-state index >= 15 is 0 Å². The van der Waals surface area contributed by atoms with Gasteiger partial charge in [-0.15, -0.1) is 0 Å². The molecule has 2 aliphatic rings. The molecule has 4 aromatic carbocycles. The van der Waals surface area contributed by atoms with Gasteiger partial charge in [0.05, 0.1) is 10.7 Å². The van der Waals surface area contributed by atoms with Crippen molar-refractivity contribution >= 4 is 35.2 Å². The fourth-order valence-electron chi connectivity index (χ4n) is 5.31. The summed E-state index contributed by atoms with van der Waals surface area (Å²) in [5.41, 5.74) is 9.51. The van der Waals surface area contributed by atoms with Gasteiger partial charge in [0.25, 0.3) is 12.4 Å². The molecule has 1 amide bonds. The molecule has 6 rings (SSSR count). The molecule has 1 aliphatic heterocycles. The maximum atomic E-state index is 12.3. The monoisotopic (exact) mass is 597 g/mol. The van der Waals surface area contributed by atoms with Crippen LogP contribution in [-0.2, 0) is 16.0 Å². The average molecular weight is 598 g/mol. The molecule has 0 saturated heterocycles. The van der Waals surface area contributed by atoms with Crippen LogP contribution in [0.2, 0.25) is 5.02 Å². The summed E-state index contributed by atoms with van der Waals surface area (Å²) in [5.74, 6) is 1.05. The number of halogens is 1. The number of allylic oxidation sites excluding steroid dienone is 1. The van der Waals surface area contributed by atoms with Gasteiger partial charge in [-0.3, -0.25) is 9.59 Å². The average Bonchev–Trinajstić information content (AvgIpc) is 3.27. The number of phenols is 1. The Bertz CT molecular complexity index is 1570. The van der Waals surface area contributed by atoms with E-state index in [4.69, 9.17) is 26.6 Å². The molecule has 0 atom stereocenters. The van der Waals surface area contributed by atoms with Crippen molar-refractivity contribution in [2.24, 2.45) is 0 Å². The highest BCUT2D eigenvalue weighted by molar-refractivity contribution is 6.36. The van der Waals surface area contributed by atoms with Crippen molar-refractivity contribution < 1.29 is 19.8 Å². The molecule has 0 aromatic heterocycles. The number of carbonyl (C=O) groups excluding carboxylic acids is 1. The molecule has 1 fully saturated rings. The van der Waals surface area contributed by atoms with Gasteiger partial charge in [0.1, 0.15) is 5.75 Å². The van der Waals surface area contributed by atoms with Gasteiger partial charge >= 0.3 is 0 Å². The van der Waals surface area contributed by atoms with Crippen LogP contribution in [0.25, 0.3) is 27.8 Å². The Morgan fingerprint density at radius 2 is 1.49 bits per heavy atom. The first-order chi connectivity index (χ1) is 20.4. The first kappa shape index (κ1) is 33.2. The molecule has 224 valence electrons. The molecule has 0 unspecified atom stereocenters. The lowest BCUT2D eigenvalue weighted by Crippen LogP contribution is -2.09. The normalized spacial score (nSPS) is 14.1. The summed E-state index contributed by atoms with van der Waals surface area (Å²) in [6.45, 7) is 3.81. The third-order valence-corrected chi connectivity index (χ3v) is 8.00. The van der Waals surface area contributed by atoms with Crippen molar-refractivity contribution in [2.75, 3.05) is 5.32 Å². The summed E-state index contributed by atoms with van der Waals surface area (Å²) in [5, 5.41) is 19.6. The number of carbonyl (C=O) groups is 2. The van der Waals surface area contributed by atoms with E-state index in [1.165, 1.54) is 36.0 Å². The zero-order chi connectivity index (χ0) is 30.1. The second-order valence-electron chi connectivity index (χ2n) is 10.2. The van der Waals surface area contributed by atoms with Gasteiger partial charge in [0.15, 0.2) is 0 Å². The smallest absolute Gasteiger partial charge is 0.290 e. The van der Waals surface area contributed by atoms with Crippen molar-refractivity contribution in [2.45, 2.75) is 59.3 Å². The Balaban J connectivity index is 0.000000330. The van der Waals surface area contributed by atoms with Crippen LogP contribution in [0.3, 0.4) is 0 Å². The number of carboxylic acid groups (broad SMARTS) is 1. The Morgan fingerprint density at radius 3 is 2.05 bits per heavy atom. The van der Waals surface area contributed by atoms with Crippen LogP contribution in [0.15, 0.2) is 91.0 Å². The number of phenolic OH excluding ortho intramolecular Hbond substituents is 1. The van der Waals surface area contributed by atoms with Crippen LogP contribution in [0.1, 0.15) is 69.6 Å². The number of aryl methyl sites for hydroxylation is 1. The number of hydrogen-bond acceptors (Lipinski definition) is 3. The number of fused-ring (bicyclic) bond motifs is 1. The SMILES string of the molecule is C.CC/C=C1\C(=O)Nc2cc(Cl)c(-c3ccc(-c4ccccc4C4CCC4)cc3)cc21.CCc1ccccc1O.O=CO. The Hall–Kier alpha value is -4.35. The minimum absolute atomic E-state index is 0. The lowest BCUT2D eigenvalue weighted by molar-refractivity contribution is -0.122. The molecule has 6 heteroatoms. The van der Waals surface area contributed by atoms with E-state index in [1.807, 2.05) is 50.3 Å². The number of nitrogens with one attached hydrogen (secondary N) is 1. The molecule has 43 heavy (non-hydrogen) atoms. The molecule has 1 heterocycles. The van der Waals surface area contributed by atoms with Crippen molar-refractivity contribution in [3.8, 4) is 28.0 Å². The van der Waals surface area contributed by atoms with E-state index in [9.17, 15) is 4.79 Å². The number of aromatic hydroxyl groups is 1. The topological polar surface area (TPSA) is 86.6 Å². The van der Waals surface area contributed by atoms with Crippen molar-refractivity contribution in [3.63, 3.8) is 0 Å². The van der Waals surface area contributed by atoms with Gasteiger partial charge in [-0.05, 0) is 77.6 Å². The zero-order valence-electron chi connectivity index (χ0n) is 23.9. The molecule has 0 bridgehead atoms. The second-order valence-corrected chi connectivity index (χ2v) is 10.6. The molecular weight excluding hydrogens is 558 g/mol. The highest BCUT2D eigenvalue weighted by Crippen LogP contribution is 2.43. The molecule has 3 N–H and O–H groups in total. The van der Waals surface area contributed by atoms with Crippen molar-refractivity contribution in [3.05, 3.63) is 113 Å². The Labute approximate surface area is 259 Å². The van der Waals surface area contributed by atoms with Crippen LogP contribution in [0.4, 0.5) is 5.69 Å². The first-order valence-electron chi connectivity index (χ1n) is 14.3. The maximum absolute atomic E-state index is 12.3. The highest BCUT2D eigenvalue weighted by Gasteiger charge is 2.26. The molecule has 0 spiro atoms. The van der Waals surface area contributed by atoms with Gasteiger partial charge in [-0.1, -0.05) is 112 Å². The van der Waals surface area contributed by atoms with E-state index in [1.54, 1.807) is 6.07 Å². The van der Waals surface area contributed by atoms with Gasteiger partial charge < -0.3 is 15.5 Å². The van der Waals surface area contributed by atoms with Crippen LogP contribution >= 0.6 is 11.6 Å². The second kappa shape index (κ2) is 15.8. The van der Waals surface area contributed by atoms with Crippen LogP contribution in [-0.4, -0.2) is 22.6 Å². The molecule has 4 aromatic rings. The number of hydrogen-bond donors (Lipinski definition) is 3. The number of anilines is 1. The third kappa shape index (κ3) is 7.74. The van der Waals surface area contributed by atoms with E-state index < -0.39 is 0 Å². The summed E-state index contributed by atoms with van der Waals surface area (Å²) >= 11 is 6.59. The van der Waals surface area contributed by atoms with E-state index in [2.05, 4.69) is 53.8 Å². The Kier molecular flexibility index (Phi) is 12.2. The fourth-order valence-corrected chi connectivity index (χ4v) is 5.59. The lowest BCUT2D eigenvalue weighted by Gasteiger charge is -2.28. The quantitative estimate of drug-likeness (QED) is 0.158. The summed E-state index contributed by atoms with van der Waals surface area (Å²) in [6, 6.07) is 28.7. The summed E-state index contributed by atoms with van der Waals surface area (Å²) in [4.78, 5) is 20.6. The fraction of sp³-hybridized carbons (Fsp3) is 0.243. The van der Waals surface area contributed by atoms with Crippen LogP contribution in [0, 0.1) is 0 Å². The molecular formula is C37H40ClNO4. The number of para-hydroxylation sites is 1. The molecule has 1 saturated carbocycles. The number of rotatable bonds is 5. The van der Waals surface area contributed by atoms with E-state index in [-0.39, 0.29) is 19.8 Å². The first-order valence-corrected chi connectivity index (χ1v) is 14.7. The largest absolute Gasteiger partial charge is 0.508 e. The predicted molar refractivity (Wildman–Crippen MR) is 179 cm³/mol. The maximum Gasteiger partial charge on any atom is 0.290 e. The third-order valence-electron chi connectivity index (χ3n) is 7.68. The molecule has 5 nitrogen and oxygen atoms in total. The van der Waals surface area contributed by atoms with Crippen molar-refractivity contribution in [1.29, 1.82) is 0 Å². The minimum Gasteiger partial charge on any atom is -0.508 e. The van der Waals surface area contributed by atoms with Crippen molar-refractivity contribution in [1.82, 2.24) is 0 Å². The van der Waals surface area contributed by atoms with Crippen LogP contribution < -0.4 is 5.32 Å². The minimum atomic E-state index is -0.250. The number of amides is 1. The van der Waals surface area contributed by atoms with E-state index in [0.29, 0.717) is 16.7 Å². The molecule has 0 radical (unpaired) electrons. The zero-order valence-corrected chi connectivity index (χ0v) is 24.7. The van der Waals surface area contributed by atoms with E-state index in [0.717, 1.165) is 46.4 Å². The lowest BCUT2D eigenvalue weighted by atomic mass is 9.77. The van der Waals surface area contributed by atoms with Gasteiger partial charge in [-0.25, -0.2) is 0 Å². The number of benzene rings is 4. The summed E-state index contributed by atoms with van der Waals surface area (Å²) < 4.78 is 0. The van der Waals surface area contributed by atoms with Gasteiger partial charge in [0.2, 0.25) is 0 Å². The standard InChI is InChI=1S/C27H24ClNO.C8H10O.CH2O2.CH4/c1-2-6-22-24-15-23(25(28)16-26(24)29-27(22)30)19-13-11-18(12-14-19)21-10-4-3-9-20(21)17-7-5-8-17;1-2-7-5-3-4-6-8(7)9;2-1-3;/h3-4,6,9-17H,2,5,7-8H2,1H3,(H,29,30);3-6,9H,2H2,1H3;1H,(H,2,3);1H4/b22-6-;;;. The van der Waals surface area contributed by atoms with Gasteiger partial charge in [0, 0.05) is 16.7 Å². The molecule has 1 aliphatic carbocycles. The summed E-state index contributed by atoms with van der Waals surface area (Å²) in [7, 11) is 0. The summed E-state index contributed by atoms with van der Waals surface area (Å²) in [6.07, 6.45) is 7.60. The Morgan fingerprint density at radius 1 is 0.884 bits per heavy atom. The predicted octanol–water partition coefficient (Wildman–Crippen LogP) is 9.98. The highest BCUT2D eigenvalue weighted by atomic mass is 35.5.